The molecule has 1 aromatic heterocycles. The van der Waals surface area contributed by atoms with E-state index in [9.17, 15) is 4.79 Å². The fourth-order valence-corrected chi connectivity index (χ4v) is 2.73. The summed E-state index contributed by atoms with van der Waals surface area (Å²) in [6.45, 7) is 6.81. The molecule has 0 saturated carbocycles. The minimum Gasteiger partial charge on any atom is -0.493 e. The van der Waals surface area contributed by atoms with E-state index in [1.165, 1.54) is 11.3 Å². The molecule has 1 heterocycles. The highest BCUT2D eigenvalue weighted by molar-refractivity contribution is 7.17. The van der Waals surface area contributed by atoms with Crippen molar-refractivity contribution in [1.82, 2.24) is 10.4 Å². The first-order chi connectivity index (χ1) is 11.5. The standard InChI is InChI=1S/C17H22N4O2S/c1-4-14-15(24-17(18)20-14)16(22)21-19-9-12-5-7-13(8-6-12)23-10-11(2)3/h5-9,11H,4,10H2,1-3H3,(H2,18,20)(H,21,22)/b19-9+. The normalized spacial score (nSPS) is 11.2. The van der Waals surface area contributed by atoms with E-state index in [4.69, 9.17) is 10.5 Å². The fourth-order valence-electron chi connectivity index (χ4n) is 1.92. The third-order valence-corrected chi connectivity index (χ3v) is 4.02. The van der Waals surface area contributed by atoms with Crippen LogP contribution >= 0.6 is 11.3 Å². The maximum atomic E-state index is 12.1. The lowest BCUT2D eigenvalue weighted by Gasteiger charge is -2.08. The zero-order valence-corrected chi connectivity index (χ0v) is 14.9. The van der Waals surface area contributed by atoms with Crippen molar-refractivity contribution < 1.29 is 9.53 Å². The molecule has 1 amide bonds. The lowest BCUT2D eigenvalue weighted by molar-refractivity contribution is 0.0958. The Morgan fingerprint density at radius 2 is 2.12 bits per heavy atom. The van der Waals surface area contributed by atoms with Gasteiger partial charge < -0.3 is 10.5 Å². The van der Waals surface area contributed by atoms with E-state index in [0.29, 0.717) is 34.6 Å². The van der Waals surface area contributed by atoms with Crippen molar-refractivity contribution in [2.75, 3.05) is 12.3 Å². The average molecular weight is 346 g/mol. The van der Waals surface area contributed by atoms with Gasteiger partial charge in [0, 0.05) is 0 Å². The highest BCUT2D eigenvalue weighted by atomic mass is 32.1. The van der Waals surface area contributed by atoms with Gasteiger partial charge in [-0.1, -0.05) is 32.1 Å². The molecule has 0 aliphatic carbocycles. The first-order valence-electron chi connectivity index (χ1n) is 7.81. The number of rotatable bonds is 7. The zero-order chi connectivity index (χ0) is 17.5. The van der Waals surface area contributed by atoms with Gasteiger partial charge >= 0.3 is 0 Å². The Balaban J connectivity index is 1.92. The molecule has 0 spiro atoms. The minimum absolute atomic E-state index is 0.297. The number of amides is 1. The number of nitrogens with two attached hydrogens (primary N) is 1. The quantitative estimate of drug-likeness (QED) is 0.595. The number of carbonyl (C=O) groups is 1. The Bertz CT molecular complexity index is 708. The highest BCUT2D eigenvalue weighted by Crippen LogP contribution is 2.20. The van der Waals surface area contributed by atoms with Crippen molar-refractivity contribution in [2.24, 2.45) is 11.0 Å². The number of hydrogen-bond donors (Lipinski definition) is 2. The molecule has 24 heavy (non-hydrogen) atoms. The van der Waals surface area contributed by atoms with Crippen LogP contribution in [-0.4, -0.2) is 23.7 Å². The number of hydrogen-bond acceptors (Lipinski definition) is 6. The molecule has 0 unspecified atom stereocenters. The predicted octanol–water partition coefficient (Wildman–Crippen LogP) is 3.09. The van der Waals surface area contributed by atoms with Crippen molar-refractivity contribution in [1.29, 1.82) is 0 Å². The number of carbonyl (C=O) groups excluding carboxylic acids is 1. The van der Waals surface area contributed by atoms with Crippen LogP contribution in [0.4, 0.5) is 5.13 Å². The molecule has 0 radical (unpaired) electrons. The van der Waals surface area contributed by atoms with Gasteiger partial charge in [0.1, 0.15) is 10.6 Å². The summed E-state index contributed by atoms with van der Waals surface area (Å²) in [4.78, 5) is 16.7. The molecule has 1 aromatic carbocycles. The van der Waals surface area contributed by atoms with Gasteiger partial charge in [-0.2, -0.15) is 5.10 Å². The molecule has 6 nitrogen and oxygen atoms in total. The predicted molar refractivity (Wildman–Crippen MR) is 97.7 cm³/mol. The van der Waals surface area contributed by atoms with Gasteiger partial charge in [-0.15, -0.1) is 0 Å². The van der Waals surface area contributed by atoms with Crippen LogP contribution in [0.25, 0.3) is 0 Å². The number of aryl methyl sites for hydroxylation is 1. The van der Waals surface area contributed by atoms with Crippen molar-refractivity contribution in [3.05, 3.63) is 40.4 Å². The summed E-state index contributed by atoms with van der Waals surface area (Å²) in [7, 11) is 0. The summed E-state index contributed by atoms with van der Waals surface area (Å²) >= 11 is 1.17. The Kier molecular flexibility index (Phi) is 6.31. The van der Waals surface area contributed by atoms with Crippen LogP contribution in [-0.2, 0) is 6.42 Å². The highest BCUT2D eigenvalue weighted by Gasteiger charge is 2.15. The molecular formula is C17H22N4O2S. The van der Waals surface area contributed by atoms with Crippen LogP contribution in [0.3, 0.4) is 0 Å². The number of aromatic nitrogens is 1. The van der Waals surface area contributed by atoms with E-state index >= 15 is 0 Å². The molecule has 0 fully saturated rings. The van der Waals surface area contributed by atoms with Gasteiger partial charge in [0.2, 0.25) is 0 Å². The second-order valence-corrected chi connectivity index (χ2v) is 6.69. The van der Waals surface area contributed by atoms with E-state index in [-0.39, 0.29) is 5.91 Å². The first-order valence-corrected chi connectivity index (χ1v) is 8.62. The molecule has 0 saturated heterocycles. The van der Waals surface area contributed by atoms with E-state index in [2.05, 4.69) is 29.4 Å². The van der Waals surface area contributed by atoms with Gasteiger partial charge in [0.05, 0.1) is 18.5 Å². The summed E-state index contributed by atoms with van der Waals surface area (Å²) in [6.07, 6.45) is 2.23. The molecule has 3 N–H and O–H groups in total. The molecule has 2 aromatic rings. The van der Waals surface area contributed by atoms with Crippen LogP contribution in [0.2, 0.25) is 0 Å². The topological polar surface area (TPSA) is 89.6 Å². The van der Waals surface area contributed by atoms with Crippen molar-refractivity contribution in [2.45, 2.75) is 27.2 Å². The largest absolute Gasteiger partial charge is 0.493 e. The number of benzene rings is 1. The number of nitrogens with one attached hydrogen (secondary N) is 1. The Hall–Kier alpha value is -2.41. The number of anilines is 1. The SMILES string of the molecule is CCc1nc(N)sc1C(=O)N/N=C/c1ccc(OCC(C)C)cc1. The monoisotopic (exact) mass is 346 g/mol. The molecule has 2 rings (SSSR count). The summed E-state index contributed by atoms with van der Waals surface area (Å²) in [6, 6.07) is 7.52. The second kappa shape index (κ2) is 8.44. The average Bonchev–Trinajstić information content (AvgIpc) is 2.95. The maximum absolute atomic E-state index is 12.1. The molecule has 7 heteroatoms. The van der Waals surface area contributed by atoms with Crippen molar-refractivity contribution >= 4 is 28.6 Å². The van der Waals surface area contributed by atoms with Crippen LogP contribution < -0.4 is 15.9 Å². The van der Waals surface area contributed by atoms with E-state index in [0.717, 1.165) is 11.3 Å². The summed E-state index contributed by atoms with van der Waals surface area (Å²) in [5.74, 6) is 1.00. The zero-order valence-electron chi connectivity index (χ0n) is 14.1. The molecule has 0 atom stereocenters. The summed E-state index contributed by atoms with van der Waals surface area (Å²) in [5.41, 5.74) is 9.71. The smallest absolute Gasteiger partial charge is 0.283 e. The Morgan fingerprint density at radius 3 is 2.75 bits per heavy atom. The van der Waals surface area contributed by atoms with Crippen molar-refractivity contribution in [3.63, 3.8) is 0 Å². The fraction of sp³-hybridized carbons (Fsp3) is 0.353. The molecule has 0 aliphatic heterocycles. The van der Waals surface area contributed by atoms with E-state index in [1.54, 1.807) is 6.21 Å². The van der Waals surface area contributed by atoms with Crippen molar-refractivity contribution in [3.8, 4) is 5.75 Å². The number of nitrogen functional groups attached to an aromatic ring is 1. The maximum Gasteiger partial charge on any atom is 0.283 e. The van der Waals surface area contributed by atoms with Gasteiger partial charge in [-0.25, -0.2) is 10.4 Å². The molecule has 0 bridgehead atoms. The second-order valence-electron chi connectivity index (χ2n) is 5.65. The number of thiazole rings is 1. The van der Waals surface area contributed by atoms with Gasteiger partial charge in [0.15, 0.2) is 5.13 Å². The van der Waals surface area contributed by atoms with E-state index < -0.39 is 0 Å². The Labute approximate surface area is 145 Å². The van der Waals surface area contributed by atoms with Crippen LogP contribution in [0.15, 0.2) is 29.4 Å². The number of nitrogens with zero attached hydrogens (tertiary/aromatic N) is 2. The molecule has 128 valence electrons. The lowest BCUT2D eigenvalue weighted by Crippen LogP contribution is -2.17. The van der Waals surface area contributed by atoms with Gasteiger partial charge in [0.25, 0.3) is 5.91 Å². The van der Waals surface area contributed by atoms with Crippen LogP contribution in [0.5, 0.6) is 5.75 Å². The number of hydrazone groups is 1. The van der Waals surface area contributed by atoms with E-state index in [1.807, 2.05) is 31.2 Å². The first kappa shape index (κ1) is 17.9. The lowest BCUT2D eigenvalue weighted by atomic mass is 10.2. The Morgan fingerprint density at radius 1 is 1.42 bits per heavy atom. The van der Waals surface area contributed by atoms with Crippen LogP contribution in [0.1, 0.15) is 41.7 Å². The van der Waals surface area contributed by atoms with Crippen LogP contribution in [0, 0.1) is 5.92 Å². The third kappa shape index (κ3) is 5.06. The number of ether oxygens (including phenoxy) is 1. The third-order valence-electron chi connectivity index (χ3n) is 3.10. The van der Waals surface area contributed by atoms with Gasteiger partial charge in [-0.3, -0.25) is 4.79 Å². The summed E-state index contributed by atoms with van der Waals surface area (Å²) in [5, 5.41) is 4.37. The molecular weight excluding hydrogens is 324 g/mol. The summed E-state index contributed by atoms with van der Waals surface area (Å²) < 4.78 is 5.62. The molecule has 0 aliphatic rings. The van der Waals surface area contributed by atoms with Gasteiger partial charge in [-0.05, 0) is 42.2 Å². The minimum atomic E-state index is -0.297.